The summed E-state index contributed by atoms with van der Waals surface area (Å²) in [6.07, 6.45) is -3.29. The fourth-order valence-corrected chi connectivity index (χ4v) is 4.71. The van der Waals surface area contributed by atoms with Crippen LogP contribution in [0, 0.1) is 5.92 Å². The van der Waals surface area contributed by atoms with Crippen molar-refractivity contribution in [2.75, 3.05) is 20.3 Å². The van der Waals surface area contributed by atoms with E-state index in [2.05, 4.69) is 0 Å². The van der Waals surface area contributed by atoms with Crippen molar-refractivity contribution in [3.63, 3.8) is 0 Å². The van der Waals surface area contributed by atoms with Crippen LogP contribution in [0.1, 0.15) is 36.1 Å². The third-order valence-electron chi connectivity index (χ3n) is 6.32. The number of benzene rings is 2. The number of halogens is 1. The standard InChI is InChI=1S/C24H29ClO6/c1-3-30-18-7-4-14(5-8-18)10-16-11-15(6-9-19(16)25)22-20(26)21(27)23(28)24(31-22)12-17(24)13-29-2/h4-9,11,17,20-23,26-28H,3,10,12-13H2,1-2H3/t17?,20-,21-,22+,23+,24?/m1/s1. The van der Waals surface area contributed by atoms with E-state index in [1.165, 1.54) is 0 Å². The van der Waals surface area contributed by atoms with Gasteiger partial charge in [-0.25, -0.2) is 0 Å². The average Bonchev–Trinajstić information content (AvgIpc) is 3.46. The maximum Gasteiger partial charge on any atom is 0.119 e. The van der Waals surface area contributed by atoms with Gasteiger partial charge < -0.3 is 29.5 Å². The number of ether oxygens (including phenoxy) is 3. The summed E-state index contributed by atoms with van der Waals surface area (Å²) in [5.74, 6) is 0.797. The van der Waals surface area contributed by atoms with E-state index in [9.17, 15) is 15.3 Å². The molecule has 4 rings (SSSR count). The molecule has 2 unspecified atom stereocenters. The predicted molar refractivity (Wildman–Crippen MR) is 116 cm³/mol. The molecule has 168 valence electrons. The second kappa shape index (κ2) is 9.06. The second-order valence-electron chi connectivity index (χ2n) is 8.38. The lowest BCUT2D eigenvalue weighted by Gasteiger charge is -2.42. The maximum absolute atomic E-state index is 10.7. The largest absolute Gasteiger partial charge is 0.494 e. The summed E-state index contributed by atoms with van der Waals surface area (Å²) >= 11 is 6.45. The van der Waals surface area contributed by atoms with Crippen LogP contribution in [0.4, 0.5) is 0 Å². The summed E-state index contributed by atoms with van der Waals surface area (Å²) in [5, 5.41) is 32.3. The van der Waals surface area contributed by atoms with Crippen molar-refractivity contribution < 1.29 is 29.5 Å². The van der Waals surface area contributed by atoms with Crippen LogP contribution in [-0.4, -0.2) is 59.6 Å². The van der Waals surface area contributed by atoms with Gasteiger partial charge in [-0.1, -0.05) is 35.9 Å². The zero-order valence-corrected chi connectivity index (χ0v) is 18.5. The minimum atomic E-state index is -1.30. The first-order chi connectivity index (χ1) is 14.9. The number of hydrogen-bond donors (Lipinski definition) is 3. The van der Waals surface area contributed by atoms with E-state index in [-0.39, 0.29) is 5.92 Å². The molecule has 3 N–H and O–H groups in total. The third-order valence-corrected chi connectivity index (χ3v) is 6.69. The van der Waals surface area contributed by atoms with Crippen molar-refractivity contribution in [1.29, 1.82) is 0 Å². The van der Waals surface area contributed by atoms with Gasteiger partial charge in [-0.05, 0) is 54.7 Å². The molecule has 2 aliphatic rings. The Labute approximate surface area is 187 Å². The summed E-state index contributed by atoms with van der Waals surface area (Å²) in [7, 11) is 1.59. The molecule has 0 radical (unpaired) electrons. The lowest BCUT2D eigenvalue weighted by molar-refractivity contribution is -0.242. The quantitative estimate of drug-likeness (QED) is 0.603. The highest BCUT2D eigenvalue weighted by molar-refractivity contribution is 6.31. The van der Waals surface area contributed by atoms with Crippen molar-refractivity contribution in [1.82, 2.24) is 0 Å². The van der Waals surface area contributed by atoms with Crippen molar-refractivity contribution in [3.05, 3.63) is 64.2 Å². The first-order valence-corrected chi connectivity index (χ1v) is 11.0. The molecule has 6 atom stereocenters. The lowest BCUT2D eigenvalue weighted by Crippen LogP contribution is -2.56. The SMILES string of the molecule is CCOc1ccc(Cc2cc([C@@H]3OC4(CC4COC)[C@@H](O)[C@H](O)[C@H]3O)ccc2Cl)cc1. The number of methoxy groups -OCH3 is 1. The normalized spacial score (nSPS) is 32.3. The van der Waals surface area contributed by atoms with Crippen molar-refractivity contribution in [2.45, 2.75) is 49.8 Å². The Balaban J connectivity index is 1.57. The van der Waals surface area contributed by atoms with Crippen molar-refractivity contribution in [2.24, 2.45) is 5.92 Å². The highest BCUT2D eigenvalue weighted by Gasteiger charge is 2.67. The molecule has 1 spiro atoms. The van der Waals surface area contributed by atoms with Gasteiger partial charge in [0.1, 0.15) is 35.8 Å². The van der Waals surface area contributed by atoms with Gasteiger partial charge in [0.05, 0.1) is 13.2 Å². The van der Waals surface area contributed by atoms with Crippen LogP contribution in [0.2, 0.25) is 5.02 Å². The Morgan fingerprint density at radius 2 is 1.84 bits per heavy atom. The molecular weight excluding hydrogens is 420 g/mol. The summed E-state index contributed by atoms with van der Waals surface area (Å²) in [4.78, 5) is 0. The molecule has 1 saturated heterocycles. The summed E-state index contributed by atoms with van der Waals surface area (Å²) < 4.78 is 16.9. The molecule has 6 nitrogen and oxygen atoms in total. The first kappa shape index (κ1) is 22.5. The molecule has 1 aliphatic heterocycles. The zero-order chi connectivity index (χ0) is 22.2. The molecule has 7 heteroatoms. The van der Waals surface area contributed by atoms with E-state index in [0.29, 0.717) is 36.6 Å². The van der Waals surface area contributed by atoms with Crippen LogP contribution < -0.4 is 4.74 Å². The molecule has 2 aromatic rings. The summed E-state index contributed by atoms with van der Waals surface area (Å²) in [6, 6.07) is 13.3. The predicted octanol–water partition coefficient (Wildman–Crippen LogP) is 2.89. The lowest BCUT2D eigenvalue weighted by atomic mass is 9.88. The smallest absolute Gasteiger partial charge is 0.119 e. The van der Waals surface area contributed by atoms with Crippen molar-refractivity contribution >= 4 is 11.6 Å². The van der Waals surface area contributed by atoms with E-state index in [1.807, 2.05) is 37.3 Å². The zero-order valence-electron chi connectivity index (χ0n) is 17.7. The molecule has 0 amide bonds. The second-order valence-corrected chi connectivity index (χ2v) is 8.79. The average molecular weight is 449 g/mol. The van der Waals surface area contributed by atoms with E-state index in [0.717, 1.165) is 16.9 Å². The van der Waals surface area contributed by atoms with Crippen LogP contribution in [0.25, 0.3) is 0 Å². The first-order valence-electron chi connectivity index (χ1n) is 10.6. The maximum atomic E-state index is 10.7. The minimum absolute atomic E-state index is 0.0206. The molecule has 2 aromatic carbocycles. The van der Waals surface area contributed by atoms with E-state index < -0.39 is 30.0 Å². The molecule has 1 heterocycles. The highest BCUT2D eigenvalue weighted by atomic mass is 35.5. The number of aliphatic hydroxyl groups is 3. The van der Waals surface area contributed by atoms with Gasteiger partial charge in [0.25, 0.3) is 0 Å². The minimum Gasteiger partial charge on any atom is -0.494 e. The van der Waals surface area contributed by atoms with Crippen LogP contribution in [0.3, 0.4) is 0 Å². The number of aliphatic hydroxyl groups excluding tert-OH is 3. The van der Waals surface area contributed by atoms with Gasteiger partial charge in [-0.15, -0.1) is 0 Å². The Hall–Kier alpha value is -1.67. The van der Waals surface area contributed by atoms with E-state index in [4.69, 9.17) is 25.8 Å². The fourth-order valence-electron chi connectivity index (χ4n) is 4.53. The summed E-state index contributed by atoms with van der Waals surface area (Å²) in [5.41, 5.74) is 1.78. The van der Waals surface area contributed by atoms with Crippen LogP contribution in [0.5, 0.6) is 5.75 Å². The van der Waals surface area contributed by atoms with Gasteiger partial charge in [-0.2, -0.15) is 0 Å². The Morgan fingerprint density at radius 3 is 2.52 bits per heavy atom. The third kappa shape index (κ3) is 4.33. The molecule has 2 fully saturated rings. The Morgan fingerprint density at radius 1 is 1.10 bits per heavy atom. The van der Waals surface area contributed by atoms with Gasteiger partial charge in [-0.3, -0.25) is 0 Å². The van der Waals surface area contributed by atoms with Crippen LogP contribution >= 0.6 is 11.6 Å². The van der Waals surface area contributed by atoms with Gasteiger partial charge in [0.2, 0.25) is 0 Å². The molecular formula is C24H29ClO6. The molecule has 31 heavy (non-hydrogen) atoms. The van der Waals surface area contributed by atoms with Crippen LogP contribution in [0.15, 0.2) is 42.5 Å². The molecule has 1 aliphatic carbocycles. The monoisotopic (exact) mass is 448 g/mol. The van der Waals surface area contributed by atoms with Gasteiger partial charge in [0, 0.05) is 18.1 Å². The van der Waals surface area contributed by atoms with Crippen molar-refractivity contribution in [3.8, 4) is 5.75 Å². The molecule has 0 aromatic heterocycles. The van der Waals surface area contributed by atoms with Gasteiger partial charge >= 0.3 is 0 Å². The molecule has 0 bridgehead atoms. The molecule has 1 saturated carbocycles. The number of rotatable bonds is 7. The fraction of sp³-hybridized carbons (Fsp3) is 0.500. The van der Waals surface area contributed by atoms with Crippen LogP contribution in [-0.2, 0) is 15.9 Å². The highest BCUT2D eigenvalue weighted by Crippen LogP contribution is 2.56. The van der Waals surface area contributed by atoms with Gasteiger partial charge in [0.15, 0.2) is 0 Å². The Bertz CT molecular complexity index is 903. The number of hydrogen-bond acceptors (Lipinski definition) is 6. The Kier molecular flexibility index (Phi) is 6.58. The topological polar surface area (TPSA) is 88.4 Å². The van der Waals surface area contributed by atoms with E-state index >= 15 is 0 Å². The van der Waals surface area contributed by atoms with E-state index in [1.54, 1.807) is 19.2 Å². The summed E-state index contributed by atoms with van der Waals surface area (Å²) in [6.45, 7) is 2.99.